The van der Waals surface area contributed by atoms with Gasteiger partial charge in [0.25, 0.3) is 5.91 Å². The third-order valence-electron chi connectivity index (χ3n) is 10.2. The zero-order chi connectivity index (χ0) is 36.6. The van der Waals surface area contributed by atoms with Crippen molar-refractivity contribution in [2.75, 3.05) is 42.1 Å². The number of piperidine rings is 1. The number of nitrogens with two attached hydrogens (primary N) is 1. The van der Waals surface area contributed by atoms with Crippen molar-refractivity contribution in [2.45, 2.75) is 83.2 Å². The first-order valence-corrected chi connectivity index (χ1v) is 18.3. The number of unbranched alkanes of at least 4 members (excludes halogenated alkanes) is 6. The number of hydrogen-bond acceptors (Lipinski definition) is 9. The van der Waals surface area contributed by atoms with Crippen LogP contribution < -0.4 is 21.3 Å². The zero-order valence-corrected chi connectivity index (χ0v) is 29.6. The number of amides is 4. The number of phenols is 1. The number of nitrogens with zero attached hydrogens (tertiary/aromatic N) is 5. The van der Waals surface area contributed by atoms with Crippen LogP contribution in [-0.4, -0.2) is 81.0 Å². The van der Waals surface area contributed by atoms with Crippen LogP contribution in [-0.2, 0) is 20.9 Å². The van der Waals surface area contributed by atoms with Crippen LogP contribution in [0.1, 0.15) is 86.6 Å². The van der Waals surface area contributed by atoms with E-state index in [1.165, 1.54) is 0 Å². The zero-order valence-electron chi connectivity index (χ0n) is 29.6. The maximum atomic E-state index is 13.1. The Labute approximate surface area is 304 Å². The van der Waals surface area contributed by atoms with Crippen LogP contribution >= 0.6 is 0 Å². The van der Waals surface area contributed by atoms with Crippen molar-refractivity contribution in [3.8, 4) is 17.0 Å². The number of hydrogen-bond donors (Lipinski definition) is 4. The van der Waals surface area contributed by atoms with Crippen LogP contribution in [0.3, 0.4) is 0 Å². The Morgan fingerprint density at radius 2 is 1.60 bits per heavy atom. The second-order valence-corrected chi connectivity index (χ2v) is 13.8. The second-order valence-electron chi connectivity index (χ2n) is 13.8. The van der Waals surface area contributed by atoms with Gasteiger partial charge in [-0.3, -0.25) is 19.2 Å². The number of piperazine rings is 1. The predicted octanol–water partition coefficient (Wildman–Crippen LogP) is 4.98. The lowest BCUT2D eigenvalue weighted by atomic mass is 10.0. The summed E-state index contributed by atoms with van der Waals surface area (Å²) in [5.74, 6) is 0.148. The number of phenolic OH excluding ortho intramolecular Hbond substituents is 1. The lowest BCUT2D eigenvalue weighted by molar-refractivity contribution is -0.131. The number of aromatic hydroxyl groups is 1. The summed E-state index contributed by atoms with van der Waals surface area (Å²) in [6.45, 7) is 6.62. The largest absolute Gasteiger partial charge is 0.507 e. The van der Waals surface area contributed by atoms with E-state index in [2.05, 4.69) is 32.3 Å². The molecule has 0 saturated carbocycles. The van der Waals surface area contributed by atoms with Gasteiger partial charge in [-0.15, -0.1) is 10.2 Å². The summed E-state index contributed by atoms with van der Waals surface area (Å²) in [5.41, 5.74) is 10.6. The third-order valence-corrected chi connectivity index (χ3v) is 10.2. The number of fused-ring (bicyclic) bond motifs is 1. The van der Waals surface area contributed by atoms with Crippen molar-refractivity contribution in [3.63, 3.8) is 0 Å². The smallest absolute Gasteiger partial charge is 0.255 e. The van der Waals surface area contributed by atoms with E-state index >= 15 is 0 Å². The minimum atomic E-state index is -0.540. The van der Waals surface area contributed by atoms with Crippen LogP contribution in [0.5, 0.6) is 5.75 Å². The maximum absolute atomic E-state index is 13.1. The van der Waals surface area contributed by atoms with E-state index in [4.69, 9.17) is 5.73 Å². The molecule has 52 heavy (non-hydrogen) atoms. The Hall–Kier alpha value is -5.46. The van der Waals surface area contributed by atoms with Gasteiger partial charge in [0.05, 0.1) is 11.4 Å². The van der Waals surface area contributed by atoms with Crippen LogP contribution in [0.2, 0.25) is 0 Å². The Bertz CT molecular complexity index is 1820. The summed E-state index contributed by atoms with van der Waals surface area (Å²) in [4.78, 5) is 56.9. The Morgan fingerprint density at radius 1 is 0.904 bits per heavy atom. The first-order valence-electron chi connectivity index (χ1n) is 18.3. The molecule has 274 valence electrons. The highest BCUT2D eigenvalue weighted by atomic mass is 16.3. The van der Waals surface area contributed by atoms with Crippen LogP contribution in [0.25, 0.3) is 11.3 Å². The molecule has 0 radical (unpaired) electrons. The maximum Gasteiger partial charge on any atom is 0.255 e. The number of benzene rings is 2. The van der Waals surface area contributed by atoms with Crippen LogP contribution in [0, 0.1) is 0 Å². The minimum absolute atomic E-state index is 0.0801. The fourth-order valence-electron chi connectivity index (χ4n) is 7.26. The van der Waals surface area contributed by atoms with E-state index in [0.717, 1.165) is 56.2 Å². The second kappa shape index (κ2) is 16.7. The number of para-hydroxylation sites is 1. The van der Waals surface area contributed by atoms with Gasteiger partial charge >= 0.3 is 0 Å². The molecule has 1 unspecified atom stereocenters. The van der Waals surface area contributed by atoms with Gasteiger partial charge in [-0.05, 0) is 56.0 Å². The van der Waals surface area contributed by atoms with Gasteiger partial charge in [0, 0.05) is 73.6 Å². The van der Waals surface area contributed by atoms with Crippen molar-refractivity contribution in [2.24, 2.45) is 0 Å². The molecule has 5 N–H and O–H groups in total. The van der Waals surface area contributed by atoms with Crippen LogP contribution in [0.15, 0.2) is 60.8 Å². The molecule has 0 spiro atoms. The Kier molecular flexibility index (Phi) is 11.7. The molecule has 1 atom stereocenters. The van der Waals surface area contributed by atoms with E-state index < -0.39 is 6.04 Å². The molecule has 2 fully saturated rings. The molecule has 2 saturated heterocycles. The van der Waals surface area contributed by atoms with E-state index in [1.54, 1.807) is 35.2 Å². The molecule has 0 aliphatic carbocycles. The summed E-state index contributed by atoms with van der Waals surface area (Å²) in [6.07, 6.45) is 8.82. The first-order chi connectivity index (χ1) is 25.2. The van der Waals surface area contributed by atoms with E-state index in [1.807, 2.05) is 23.1 Å². The van der Waals surface area contributed by atoms with E-state index in [9.17, 15) is 24.3 Å². The average molecular weight is 709 g/mol. The SMILES string of the molecule is C=C1CCC(N2Cc3c(NC(=O)CCCCCCCCCC(=O)N4CCN(c5cc(-c6ccccc6O)nnc5N)CC4)cccc3C2=O)C(=O)N1. The monoisotopic (exact) mass is 708 g/mol. The lowest BCUT2D eigenvalue weighted by Crippen LogP contribution is -2.49. The molecule has 6 rings (SSSR count). The van der Waals surface area contributed by atoms with E-state index in [0.29, 0.717) is 92.4 Å². The molecule has 4 heterocycles. The highest BCUT2D eigenvalue weighted by Crippen LogP contribution is 2.34. The third kappa shape index (κ3) is 8.52. The molecule has 3 aliphatic rings. The normalized spacial score (nSPS) is 17.3. The number of carbonyl (C=O) groups excluding carboxylic acids is 4. The number of allylic oxidation sites excluding steroid dienone is 1. The number of anilines is 3. The molecule has 13 heteroatoms. The van der Waals surface area contributed by atoms with Gasteiger partial charge in [-0.25, -0.2) is 0 Å². The molecular weight excluding hydrogens is 660 g/mol. The molecule has 2 aromatic carbocycles. The summed E-state index contributed by atoms with van der Waals surface area (Å²) < 4.78 is 0. The van der Waals surface area contributed by atoms with Gasteiger partial charge in [0.15, 0.2) is 5.82 Å². The number of nitrogens with one attached hydrogen (secondary N) is 2. The number of nitrogen functional groups attached to an aromatic ring is 1. The molecule has 1 aromatic heterocycles. The average Bonchev–Trinajstić information content (AvgIpc) is 3.48. The number of rotatable bonds is 14. The highest BCUT2D eigenvalue weighted by Gasteiger charge is 2.39. The minimum Gasteiger partial charge on any atom is -0.507 e. The van der Waals surface area contributed by atoms with Gasteiger partial charge in [-0.2, -0.15) is 0 Å². The van der Waals surface area contributed by atoms with Gasteiger partial charge in [0.2, 0.25) is 17.7 Å². The summed E-state index contributed by atoms with van der Waals surface area (Å²) in [6, 6.07) is 13.6. The van der Waals surface area contributed by atoms with Crippen molar-refractivity contribution in [3.05, 3.63) is 71.9 Å². The fourth-order valence-corrected chi connectivity index (χ4v) is 7.26. The number of carbonyl (C=O) groups is 4. The van der Waals surface area contributed by atoms with Crippen molar-refractivity contribution < 1.29 is 24.3 Å². The standard InChI is InChI=1S/C39H48N8O5/c1-26-18-19-32(38(51)41-26)47-25-29-27(39(47)52)13-11-14-30(29)42-35(49)16-7-5-3-2-4-6-8-17-36(50)46-22-20-45(21-23-46)33-24-31(43-44-37(33)40)28-12-9-10-15-34(28)48/h9-15,24,32,48H,1-8,16-23,25H2,(H2,40,44)(H,41,51)(H,42,49). The van der Waals surface area contributed by atoms with Gasteiger partial charge in [0.1, 0.15) is 11.8 Å². The van der Waals surface area contributed by atoms with Crippen molar-refractivity contribution in [1.82, 2.24) is 25.3 Å². The number of aromatic nitrogens is 2. The Morgan fingerprint density at radius 3 is 2.33 bits per heavy atom. The van der Waals surface area contributed by atoms with Gasteiger partial charge < -0.3 is 36.2 Å². The molecule has 3 aliphatic heterocycles. The van der Waals surface area contributed by atoms with Crippen molar-refractivity contribution >= 4 is 40.8 Å². The van der Waals surface area contributed by atoms with Crippen LogP contribution in [0.4, 0.5) is 17.2 Å². The summed E-state index contributed by atoms with van der Waals surface area (Å²) in [5, 5.41) is 24.3. The fraction of sp³-hybridized carbons (Fsp3) is 0.436. The Balaban J connectivity index is 0.836. The quantitative estimate of drug-likeness (QED) is 0.169. The van der Waals surface area contributed by atoms with E-state index in [-0.39, 0.29) is 29.4 Å². The molecule has 13 nitrogen and oxygen atoms in total. The molecular formula is C39H48N8O5. The summed E-state index contributed by atoms with van der Waals surface area (Å²) >= 11 is 0. The summed E-state index contributed by atoms with van der Waals surface area (Å²) in [7, 11) is 0. The first kappa shape index (κ1) is 36.3. The highest BCUT2D eigenvalue weighted by molar-refractivity contribution is 6.04. The topological polar surface area (TPSA) is 174 Å². The molecule has 3 aromatic rings. The predicted molar refractivity (Wildman–Crippen MR) is 199 cm³/mol. The molecule has 4 amide bonds. The van der Waals surface area contributed by atoms with Crippen molar-refractivity contribution in [1.29, 1.82) is 0 Å². The van der Waals surface area contributed by atoms with Gasteiger partial charge in [-0.1, -0.05) is 56.9 Å². The lowest BCUT2D eigenvalue weighted by Gasteiger charge is -2.36. The molecule has 0 bridgehead atoms.